The molecule has 3 rings (SSSR count). The molecule has 0 heterocycles. The number of esters is 1. The van der Waals surface area contributed by atoms with Gasteiger partial charge in [0, 0.05) is 5.56 Å². The van der Waals surface area contributed by atoms with E-state index in [-0.39, 0.29) is 0 Å². The molecule has 0 aliphatic carbocycles. The summed E-state index contributed by atoms with van der Waals surface area (Å²) >= 11 is 0. The second-order valence-corrected chi connectivity index (χ2v) is 6.68. The largest absolute Gasteiger partial charge is 0.494 e. The lowest BCUT2D eigenvalue weighted by Gasteiger charge is -2.08. The van der Waals surface area contributed by atoms with Gasteiger partial charge in [-0.1, -0.05) is 0 Å². The maximum absolute atomic E-state index is 12.3. The lowest BCUT2D eigenvalue weighted by Crippen LogP contribution is -2.17. The molecule has 0 radical (unpaired) electrons. The monoisotopic (exact) mass is 448 g/mol. The fourth-order valence-corrected chi connectivity index (χ4v) is 2.85. The van der Waals surface area contributed by atoms with Gasteiger partial charge in [0.25, 0.3) is 5.91 Å². The summed E-state index contributed by atoms with van der Waals surface area (Å²) in [5.41, 5.74) is 3.96. The molecule has 0 aliphatic heterocycles. The summed E-state index contributed by atoms with van der Waals surface area (Å²) in [5.74, 6) is 1.19. The number of carbonyl (C=O) groups excluding carboxylic acids is 2. The highest BCUT2D eigenvalue weighted by molar-refractivity contribution is 5.95. The number of methoxy groups -OCH3 is 2. The second kappa shape index (κ2) is 11.3. The zero-order valence-corrected chi connectivity index (χ0v) is 18.5. The van der Waals surface area contributed by atoms with Crippen LogP contribution in [0.3, 0.4) is 0 Å². The van der Waals surface area contributed by atoms with E-state index in [1.165, 1.54) is 20.4 Å². The number of hydrogen-bond donors (Lipinski definition) is 1. The Kier molecular flexibility index (Phi) is 8.02. The van der Waals surface area contributed by atoms with Crippen LogP contribution in [-0.2, 0) is 0 Å². The van der Waals surface area contributed by atoms with E-state index in [1.54, 1.807) is 66.7 Å². The molecular formula is C25H24N2O6. The van der Waals surface area contributed by atoms with Gasteiger partial charge in [-0.2, -0.15) is 5.10 Å². The number of ether oxygens (including phenoxy) is 4. The van der Waals surface area contributed by atoms with Gasteiger partial charge in [-0.15, -0.1) is 0 Å². The van der Waals surface area contributed by atoms with Crippen molar-refractivity contribution in [3.05, 3.63) is 83.4 Å². The lowest BCUT2D eigenvalue weighted by molar-refractivity contribution is 0.0734. The molecule has 8 heteroatoms. The second-order valence-electron chi connectivity index (χ2n) is 6.68. The highest BCUT2D eigenvalue weighted by Crippen LogP contribution is 2.27. The maximum atomic E-state index is 12.3. The number of amides is 1. The first kappa shape index (κ1) is 23.3. The number of hydrogen-bond acceptors (Lipinski definition) is 7. The van der Waals surface area contributed by atoms with Crippen molar-refractivity contribution in [1.29, 1.82) is 0 Å². The highest BCUT2D eigenvalue weighted by Gasteiger charge is 2.10. The first-order chi connectivity index (χ1) is 16.0. The van der Waals surface area contributed by atoms with Crippen molar-refractivity contribution in [1.82, 2.24) is 5.43 Å². The number of rotatable bonds is 9. The molecule has 8 nitrogen and oxygen atoms in total. The van der Waals surface area contributed by atoms with Crippen molar-refractivity contribution < 1.29 is 28.5 Å². The minimum absolute atomic E-state index is 0.376. The molecule has 1 amide bonds. The van der Waals surface area contributed by atoms with E-state index in [1.807, 2.05) is 6.92 Å². The van der Waals surface area contributed by atoms with Crippen LogP contribution in [0.2, 0.25) is 0 Å². The number of carbonyl (C=O) groups is 2. The highest BCUT2D eigenvalue weighted by atomic mass is 16.5. The van der Waals surface area contributed by atoms with Crippen molar-refractivity contribution in [3.63, 3.8) is 0 Å². The van der Waals surface area contributed by atoms with Crippen LogP contribution in [0, 0.1) is 0 Å². The smallest absolute Gasteiger partial charge is 0.343 e. The van der Waals surface area contributed by atoms with Crippen molar-refractivity contribution in [2.75, 3.05) is 20.8 Å². The van der Waals surface area contributed by atoms with Gasteiger partial charge < -0.3 is 18.9 Å². The predicted octanol–water partition coefficient (Wildman–Crippen LogP) is 4.09. The zero-order chi connectivity index (χ0) is 23.6. The molecule has 0 unspecified atom stereocenters. The molecule has 0 saturated carbocycles. The number of benzene rings is 3. The van der Waals surface area contributed by atoms with E-state index in [0.717, 1.165) is 0 Å². The van der Waals surface area contributed by atoms with Crippen molar-refractivity contribution in [2.24, 2.45) is 5.10 Å². The molecule has 170 valence electrons. The minimum atomic E-state index is -0.471. The van der Waals surface area contributed by atoms with Gasteiger partial charge in [-0.25, -0.2) is 10.2 Å². The third-order valence-electron chi connectivity index (χ3n) is 4.52. The van der Waals surface area contributed by atoms with Gasteiger partial charge in [0.15, 0.2) is 11.5 Å². The average molecular weight is 448 g/mol. The molecule has 0 bridgehead atoms. The quantitative estimate of drug-likeness (QED) is 0.229. The van der Waals surface area contributed by atoms with E-state index in [2.05, 4.69) is 10.5 Å². The molecule has 3 aromatic carbocycles. The summed E-state index contributed by atoms with van der Waals surface area (Å²) in [6.45, 7) is 2.45. The minimum Gasteiger partial charge on any atom is -0.494 e. The Morgan fingerprint density at radius 2 is 1.48 bits per heavy atom. The first-order valence-electron chi connectivity index (χ1n) is 10.1. The zero-order valence-electron chi connectivity index (χ0n) is 18.5. The lowest BCUT2D eigenvalue weighted by atomic mass is 10.2. The van der Waals surface area contributed by atoms with Crippen LogP contribution in [0.5, 0.6) is 23.0 Å². The summed E-state index contributed by atoms with van der Waals surface area (Å²) in [6, 6.07) is 18.3. The topological polar surface area (TPSA) is 95.5 Å². The standard InChI is InChI=1S/C25H24N2O6/c1-4-32-20-12-7-18(8-13-20)25(29)33-21-10-5-17(6-11-21)16-26-27-24(28)19-9-14-22(30-2)23(15-19)31-3/h5-16H,4H2,1-3H3,(H,27,28)/b26-16-. The summed E-state index contributed by atoms with van der Waals surface area (Å²) in [4.78, 5) is 24.6. The third kappa shape index (κ3) is 6.33. The van der Waals surface area contributed by atoms with Crippen LogP contribution in [0.25, 0.3) is 0 Å². The van der Waals surface area contributed by atoms with E-state index >= 15 is 0 Å². The van der Waals surface area contributed by atoms with Crippen LogP contribution in [0.1, 0.15) is 33.2 Å². The van der Waals surface area contributed by atoms with E-state index in [0.29, 0.717) is 46.3 Å². The molecule has 3 aromatic rings. The molecular weight excluding hydrogens is 424 g/mol. The molecule has 0 spiro atoms. The Labute approximate surface area is 191 Å². The SMILES string of the molecule is CCOc1ccc(C(=O)Oc2ccc(/C=N\NC(=O)c3ccc(OC)c(OC)c3)cc2)cc1. The first-order valence-corrected chi connectivity index (χ1v) is 10.1. The molecule has 0 aromatic heterocycles. The summed E-state index contributed by atoms with van der Waals surface area (Å²) in [7, 11) is 3.02. The Morgan fingerprint density at radius 1 is 0.848 bits per heavy atom. The van der Waals surface area contributed by atoms with Gasteiger partial charge in [-0.3, -0.25) is 4.79 Å². The molecule has 0 atom stereocenters. The van der Waals surface area contributed by atoms with Crippen molar-refractivity contribution in [2.45, 2.75) is 6.92 Å². The fraction of sp³-hybridized carbons (Fsp3) is 0.160. The summed E-state index contributed by atoms with van der Waals surface area (Å²) in [6.07, 6.45) is 1.48. The Hall–Kier alpha value is -4.33. The van der Waals surface area contributed by atoms with Crippen LogP contribution in [0.15, 0.2) is 71.8 Å². The van der Waals surface area contributed by atoms with E-state index in [4.69, 9.17) is 18.9 Å². The van der Waals surface area contributed by atoms with Crippen LogP contribution in [0.4, 0.5) is 0 Å². The third-order valence-corrected chi connectivity index (χ3v) is 4.52. The predicted molar refractivity (Wildman–Crippen MR) is 124 cm³/mol. The van der Waals surface area contributed by atoms with Gasteiger partial charge in [-0.05, 0) is 79.2 Å². The van der Waals surface area contributed by atoms with E-state index < -0.39 is 11.9 Å². The Morgan fingerprint density at radius 3 is 2.12 bits per heavy atom. The van der Waals surface area contributed by atoms with Crippen molar-refractivity contribution in [3.8, 4) is 23.0 Å². The molecule has 33 heavy (non-hydrogen) atoms. The Bertz CT molecular complexity index is 1120. The van der Waals surface area contributed by atoms with E-state index in [9.17, 15) is 9.59 Å². The molecule has 0 saturated heterocycles. The van der Waals surface area contributed by atoms with Crippen LogP contribution < -0.4 is 24.4 Å². The van der Waals surface area contributed by atoms with Gasteiger partial charge >= 0.3 is 5.97 Å². The summed E-state index contributed by atoms with van der Waals surface area (Å²) < 4.78 is 21.1. The normalized spacial score (nSPS) is 10.5. The Balaban J connectivity index is 1.55. The van der Waals surface area contributed by atoms with Crippen LogP contribution >= 0.6 is 0 Å². The number of nitrogens with zero attached hydrogens (tertiary/aromatic N) is 1. The maximum Gasteiger partial charge on any atom is 0.343 e. The molecule has 1 N–H and O–H groups in total. The van der Waals surface area contributed by atoms with Crippen molar-refractivity contribution >= 4 is 18.1 Å². The van der Waals surface area contributed by atoms with Gasteiger partial charge in [0.1, 0.15) is 11.5 Å². The van der Waals surface area contributed by atoms with Gasteiger partial charge in [0.05, 0.1) is 32.6 Å². The fourth-order valence-electron chi connectivity index (χ4n) is 2.85. The number of nitrogens with one attached hydrogen (secondary N) is 1. The molecule has 0 aliphatic rings. The summed E-state index contributed by atoms with van der Waals surface area (Å²) in [5, 5.41) is 3.96. The van der Waals surface area contributed by atoms with Gasteiger partial charge in [0.2, 0.25) is 0 Å². The number of hydrazone groups is 1. The van der Waals surface area contributed by atoms with Crippen LogP contribution in [-0.4, -0.2) is 38.9 Å². The molecule has 0 fully saturated rings. The average Bonchev–Trinajstić information content (AvgIpc) is 2.85.